The summed E-state index contributed by atoms with van der Waals surface area (Å²) in [5.74, 6) is 2.29. The summed E-state index contributed by atoms with van der Waals surface area (Å²) in [7, 11) is 2.08. The average Bonchev–Trinajstić information content (AvgIpc) is 3.01. The van der Waals surface area contributed by atoms with Crippen LogP contribution >= 0.6 is 24.2 Å². The van der Waals surface area contributed by atoms with Gasteiger partial charge in [-0.05, 0) is 42.4 Å². The van der Waals surface area contributed by atoms with E-state index < -0.39 is 0 Å². The monoisotopic (exact) mass is 423 g/mol. The van der Waals surface area contributed by atoms with Gasteiger partial charge in [0.05, 0.1) is 0 Å². The van der Waals surface area contributed by atoms with Gasteiger partial charge in [-0.15, -0.1) is 12.4 Å². The quantitative estimate of drug-likeness (QED) is 0.652. The van der Waals surface area contributed by atoms with Gasteiger partial charge in [-0.3, -0.25) is 9.79 Å². The number of thioether (sulfide) groups is 1. The van der Waals surface area contributed by atoms with Gasteiger partial charge in [0, 0.05) is 37.5 Å². The number of amides is 1. The third kappa shape index (κ3) is 6.41. The number of aliphatic imine (C=N–C) groups is 1. The number of nitrogens with one attached hydrogen (secondary N) is 1. The van der Waals surface area contributed by atoms with Crippen molar-refractivity contribution in [3.8, 4) is 0 Å². The van der Waals surface area contributed by atoms with E-state index in [0.29, 0.717) is 12.3 Å². The van der Waals surface area contributed by atoms with E-state index in [1.165, 1.54) is 37.7 Å². The molecule has 6 heteroatoms. The van der Waals surface area contributed by atoms with Gasteiger partial charge >= 0.3 is 0 Å². The van der Waals surface area contributed by atoms with E-state index >= 15 is 0 Å². The zero-order chi connectivity index (χ0) is 19.2. The molecule has 1 heterocycles. The van der Waals surface area contributed by atoms with Crippen LogP contribution in [0.25, 0.3) is 0 Å². The van der Waals surface area contributed by atoms with Crippen LogP contribution in [0.5, 0.6) is 0 Å². The summed E-state index contributed by atoms with van der Waals surface area (Å²) < 4.78 is 0. The van der Waals surface area contributed by atoms with Gasteiger partial charge in [-0.1, -0.05) is 57.0 Å². The fourth-order valence-corrected chi connectivity index (χ4v) is 5.05. The Morgan fingerprint density at radius 3 is 2.54 bits per heavy atom. The normalized spacial score (nSPS) is 21.8. The van der Waals surface area contributed by atoms with Crippen LogP contribution in [0, 0.1) is 5.92 Å². The van der Waals surface area contributed by atoms with E-state index in [1.54, 1.807) is 11.8 Å². The maximum atomic E-state index is 12.5. The second-order valence-electron chi connectivity index (χ2n) is 8.23. The molecule has 1 amide bonds. The third-order valence-electron chi connectivity index (χ3n) is 5.75. The Labute approximate surface area is 180 Å². The van der Waals surface area contributed by atoms with Crippen LogP contribution in [-0.4, -0.2) is 41.4 Å². The molecular weight excluding hydrogens is 390 g/mol. The van der Waals surface area contributed by atoms with Gasteiger partial charge in [-0.25, -0.2) is 0 Å². The first kappa shape index (κ1) is 23.1. The molecule has 156 valence electrons. The summed E-state index contributed by atoms with van der Waals surface area (Å²) in [4.78, 5) is 19.5. The molecule has 28 heavy (non-hydrogen) atoms. The Bertz CT molecular complexity index is 656. The lowest BCUT2D eigenvalue weighted by atomic mass is 9.89. The third-order valence-corrected chi connectivity index (χ3v) is 6.97. The molecule has 1 aliphatic heterocycles. The van der Waals surface area contributed by atoms with Crippen LogP contribution in [0.3, 0.4) is 0 Å². The highest BCUT2D eigenvalue weighted by Gasteiger charge is 2.29. The predicted octanol–water partition coefficient (Wildman–Crippen LogP) is 5.54. The average molecular weight is 424 g/mol. The minimum atomic E-state index is 0. The Morgan fingerprint density at radius 1 is 1.21 bits per heavy atom. The fraction of sp³-hybridized carbons (Fsp3) is 0.636. The van der Waals surface area contributed by atoms with E-state index in [1.807, 2.05) is 12.1 Å². The molecule has 0 spiro atoms. The van der Waals surface area contributed by atoms with Crippen LogP contribution in [0.15, 0.2) is 29.3 Å². The van der Waals surface area contributed by atoms with Gasteiger partial charge in [0.1, 0.15) is 0 Å². The molecule has 1 atom stereocenters. The molecule has 0 radical (unpaired) electrons. The molecule has 1 unspecified atom stereocenters. The maximum Gasteiger partial charge on any atom is 0.226 e. The van der Waals surface area contributed by atoms with Crippen molar-refractivity contribution in [3.05, 3.63) is 29.8 Å². The molecule has 0 bridgehead atoms. The Morgan fingerprint density at radius 2 is 1.89 bits per heavy atom. The molecule has 1 saturated heterocycles. The van der Waals surface area contributed by atoms with Gasteiger partial charge in [0.25, 0.3) is 0 Å². The van der Waals surface area contributed by atoms with Crippen molar-refractivity contribution in [2.45, 2.75) is 64.3 Å². The lowest BCUT2D eigenvalue weighted by Gasteiger charge is -2.22. The van der Waals surface area contributed by atoms with Crippen LogP contribution in [0.4, 0.5) is 5.69 Å². The number of carbonyl (C=O) groups is 1. The summed E-state index contributed by atoms with van der Waals surface area (Å²) in [5, 5.41) is 4.15. The predicted molar refractivity (Wildman–Crippen MR) is 124 cm³/mol. The van der Waals surface area contributed by atoms with Gasteiger partial charge in [0.2, 0.25) is 5.91 Å². The number of amidine groups is 1. The number of hydrogen-bond acceptors (Lipinski definition) is 3. The lowest BCUT2D eigenvalue weighted by molar-refractivity contribution is -0.116. The van der Waals surface area contributed by atoms with Crippen molar-refractivity contribution >= 4 is 40.9 Å². The highest BCUT2D eigenvalue weighted by molar-refractivity contribution is 8.14. The van der Waals surface area contributed by atoms with E-state index in [-0.39, 0.29) is 24.4 Å². The Balaban J connectivity index is 0.00000280. The highest BCUT2D eigenvalue weighted by Crippen LogP contribution is 2.28. The number of rotatable bonds is 6. The molecule has 1 saturated carbocycles. The molecule has 1 aromatic rings. The number of benzene rings is 1. The summed E-state index contributed by atoms with van der Waals surface area (Å²) in [6, 6.07) is 8.41. The molecule has 4 nitrogen and oxygen atoms in total. The number of nitrogens with zero attached hydrogens (tertiary/aromatic N) is 2. The van der Waals surface area contributed by atoms with Gasteiger partial charge < -0.3 is 10.2 Å². The number of hydrogen-bond donors (Lipinski definition) is 1. The summed E-state index contributed by atoms with van der Waals surface area (Å²) in [6.07, 6.45) is 7.27. The first-order chi connectivity index (χ1) is 13.0. The van der Waals surface area contributed by atoms with Crippen molar-refractivity contribution in [3.63, 3.8) is 0 Å². The first-order valence-electron chi connectivity index (χ1n) is 10.3. The van der Waals surface area contributed by atoms with Crippen LogP contribution in [0.1, 0.15) is 63.9 Å². The number of halogens is 1. The maximum absolute atomic E-state index is 12.5. The molecule has 1 aromatic carbocycles. The summed E-state index contributed by atoms with van der Waals surface area (Å²) >= 11 is 1.80. The summed E-state index contributed by atoms with van der Waals surface area (Å²) in [6.45, 7) is 5.30. The molecule has 1 N–H and O–H groups in total. The summed E-state index contributed by atoms with van der Waals surface area (Å²) in [5.41, 5.74) is 2.17. The Hall–Kier alpha value is -1.20. The largest absolute Gasteiger partial charge is 0.350 e. The standard InChI is InChI=1S/C22H33N3OS.ClH/c1-16(2)18-9-11-19(12-10-18)24-21(26)13-20-15-27-22(25(20)3)23-14-17-7-5-4-6-8-17;/h9-12,16-17,20H,4-8,13-15H2,1-3H3,(H,24,26);1H/b23-22+;. The smallest absolute Gasteiger partial charge is 0.226 e. The minimum Gasteiger partial charge on any atom is -0.350 e. The molecule has 2 aliphatic rings. The van der Waals surface area contributed by atoms with E-state index in [4.69, 9.17) is 4.99 Å². The molecule has 0 aromatic heterocycles. The number of carbonyl (C=O) groups excluding carboxylic acids is 1. The highest BCUT2D eigenvalue weighted by atomic mass is 35.5. The SMILES string of the molecule is CC(C)c1ccc(NC(=O)CC2CS/C(=N/CC3CCCCC3)N2C)cc1.Cl. The lowest BCUT2D eigenvalue weighted by Crippen LogP contribution is -2.33. The van der Waals surface area contributed by atoms with Crippen LogP contribution < -0.4 is 5.32 Å². The topological polar surface area (TPSA) is 44.7 Å². The zero-order valence-electron chi connectivity index (χ0n) is 17.3. The van der Waals surface area contributed by atoms with Crippen molar-refractivity contribution in [2.24, 2.45) is 10.9 Å². The van der Waals surface area contributed by atoms with Crippen LogP contribution in [0.2, 0.25) is 0 Å². The van der Waals surface area contributed by atoms with E-state index in [9.17, 15) is 4.79 Å². The molecule has 3 rings (SSSR count). The zero-order valence-corrected chi connectivity index (χ0v) is 19.0. The second kappa shape index (κ2) is 11.1. The molecule has 1 aliphatic carbocycles. The van der Waals surface area contributed by atoms with Crippen molar-refractivity contribution in [2.75, 3.05) is 24.7 Å². The van der Waals surface area contributed by atoms with E-state index in [0.717, 1.165) is 29.1 Å². The van der Waals surface area contributed by atoms with Crippen LogP contribution in [-0.2, 0) is 4.79 Å². The Kier molecular flexibility index (Phi) is 9.16. The van der Waals surface area contributed by atoms with Crippen molar-refractivity contribution < 1.29 is 4.79 Å². The molecular formula is C22H34ClN3OS. The van der Waals surface area contributed by atoms with Crippen molar-refractivity contribution in [1.29, 1.82) is 0 Å². The fourth-order valence-electron chi connectivity index (χ4n) is 3.85. The van der Waals surface area contributed by atoms with E-state index in [2.05, 4.69) is 43.2 Å². The minimum absolute atomic E-state index is 0. The molecule has 2 fully saturated rings. The first-order valence-corrected chi connectivity index (χ1v) is 11.3. The second-order valence-corrected chi connectivity index (χ2v) is 9.22. The number of anilines is 1. The van der Waals surface area contributed by atoms with Crippen molar-refractivity contribution in [1.82, 2.24) is 4.90 Å². The van der Waals surface area contributed by atoms with Gasteiger partial charge in [-0.2, -0.15) is 0 Å². The van der Waals surface area contributed by atoms with Gasteiger partial charge in [0.15, 0.2) is 5.17 Å².